The van der Waals surface area contributed by atoms with E-state index in [1.54, 1.807) is 11.3 Å². The molecular weight excluding hydrogens is 597 g/mol. The Bertz CT molecular complexity index is 1450. The summed E-state index contributed by atoms with van der Waals surface area (Å²) in [5.41, 5.74) is 3.23. The Morgan fingerprint density at radius 2 is 1.84 bits per heavy atom. The second-order valence-electron chi connectivity index (χ2n) is 7.32. The van der Waals surface area contributed by atoms with E-state index >= 15 is 0 Å². The maximum absolute atomic E-state index is 10.0. The van der Waals surface area contributed by atoms with Crippen LogP contribution in [0.25, 0.3) is 42.5 Å². The molecule has 0 aliphatic carbocycles. The van der Waals surface area contributed by atoms with Crippen molar-refractivity contribution < 1.29 is 30.0 Å². The SMILES string of the molecule is CC(=O)/C=C(/C)O.Cc1cc(-c2[c-]c3ccccc3cc2)nc2sc3ncccc3c12.[Ir]. The number of nitrogens with zero attached hydrogens (tertiary/aromatic N) is 2. The largest absolute Gasteiger partial charge is 0.512 e. The fourth-order valence-electron chi connectivity index (χ4n) is 3.50. The number of carbonyl (C=O) groups excluding carboxylic acids is 1. The molecule has 1 N–H and O–H groups in total. The first kappa shape index (κ1) is 23.7. The minimum Gasteiger partial charge on any atom is -0.512 e. The van der Waals surface area contributed by atoms with Crippen molar-refractivity contribution in [3.63, 3.8) is 0 Å². The zero-order valence-electron chi connectivity index (χ0n) is 17.8. The minimum atomic E-state index is -0.125. The molecule has 0 atom stereocenters. The number of rotatable bonds is 2. The van der Waals surface area contributed by atoms with Gasteiger partial charge >= 0.3 is 0 Å². The number of fused-ring (bicyclic) bond motifs is 4. The maximum atomic E-state index is 10.0. The van der Waals surface area contributed by atoms with E-state index in [9.17, 15) is 4.79 Å². The Balaban J connectivity index is 0.000000318. The Kier molecular flexibility index (Phi) is 7.52. The summed E-state index contributed by atoms with van der Waals surface area (Å²) in [4.78, 5) is 21.5. The first-order valence-corrected chi connectivity index (χ1v) is 10.7. The van der Waals surface area contributed by atoms with Gasteiger partial charge in [-0.3, -0.25) is 9.78 Å². The van der Waals surface area contributed by atoms with Crippen molar-refractivity contribution in [2.24, 2.45) is 0 Å². The van der Waals surface area contributed by atoms with Crippen molar-refractivity contribution in [3.8, 4) is 11.3 Å². The third kappa shape index (κ3) is 5.10. The predicted molar refractivity (Wildman–Crippen MR) is 129 cm³/mol. The molecule has 0 aliphatic heterocycles. The number of aliphatic hydroxyl groups is 1. The first-order valence-electron chi connectivity index (χ1n) is 9.86. The molecule has 0 unspecified atom stereocenters. The van der Waals surface area contributed by atoms with E-state index in [0.717, 1.165) is 26.3 Å². The number of aliphatic hydroxyl groups excluding tert-OH is 1. The van der Waals surface area contributed by atoms with Gasteiger partial charge < -0.3 is 5.11 Å². The van der Waals surface area contributed by atoms with Gasteiger partial charge in [-0.15, -0.1) is 29.7 Å². The number of carbonyl (C=O) groups is 1. The van der Waals surface area contributed by atoms with Crippen LogP contribution in [0.5, 0.6) is 0 Å². The Morgan fingerprint density at radius 3 is 2.56 bits per heavy atom. The van der Waals surface area contributed by atoms with E-state index in [0.29, 0.717) is 0 Å². The van der Waals surface area contributed by atoms with Crippen LogP contribution in [0.3, 0.4) is 0 Å². The number of aromatic nitrogens is 2. The Hall–Kier alpha value is -2.92. The van der Waals surface area contributed by atoms with E-state index in [1.165, 1.54) is 41.6 Å². The second-order valence-corrected chi connectivity index (χ2v) is 8.30. The Morgan fingerprint density at radius 1 is 1.06 bits per heavy atom. The molecule has 3 aromatic heterocycles. The van der Waals surface area contributed by atoms with Gasteiger partial charge in [0.15, 0.2) is 5.78 Å². The molecule has 0 fully saturated rings. The fraction of sp³-hybridized carbons (Fsp3) is 0.115. The molecule has 0 amide bonds. The Labute approximate surface area is 204 Å². The van der Waals surface area contributed by atoms with E-state index in [-0.39, 0.29) is 31.6 Å². The molecule has 2 aromatic carbocycles. The standard InChI is InChI=1S/C21H13N2S.C5H8O2.Ir/c1-13-11-18(16-9-8-14-5-2-3-6-15(14)12-16)23-21-19(13)17-7-4-10-22-20(17)24-21;1-4(6)3-5(2)7;/h2-11H,1H3;3,6H,1-2H3;/q-1;;/b;4-3-;. The predicted octanol–water partition coefficient (Wildman–Crippen LogP) is 6.81. The normalized spacial score (nSPS) is 11.2. The molecule has 6 heteroatoms. The molecule has 5 aromatic rings. The summed E-state index contributed by atoms with van der Waals surface area (Å²) in [6.45, 7) is 4.99. The summed E-state index contributed by atoms with van der Waals surface area (Å²) in [5, 5.41) is 13.1. The molecule has 4 nitrogen and oxygen atoms in total. The van der Waals surface area contributed by atoms with Crippen LogP contribution in [0.1, 0.15) is 19.4 Å². The zero-order chi connectivity index (χ0) is 22.0. The summed E-state index contributed by atoms with van der Waals surface area (Å²) in [5.74, 6) is -0.0625. The van der Waals surface area contributed by atoms with E-state index < -0.39 is 0 Å². The summed E-state index contributed by atoms with van der Waals surface area (Å²) in [7, 11) is 0. The van der Waals surface area contributed by atoms with Crippen molar-refractivity contribution >= 4 is 48.3 Å². The second kappa shape index (κ2) is 10.1. The fourth-order valence-corrected chi connectivity index (χ4v) is 4.59. The molecular formula is C26H21IrN2O2S-. The van der Waals surface area contributed by atoms with Gasteiger partial charge in [-0.05, 0) is 38.5 Å². The van der Waals surface area contributed by atoms with Crippen molar-refractivity contribution in [1.82, 2.24) is 9.97 Å². The summed E-state index contributed by atoms with van der Waals surface area (Å²) >= 11 is 1.65. The summed E-state index contributed by atoms with van der Waals surface area (Å²) in [6, 6.07) is 22.3. The number of benzene rings is 2. The smallest absolute Gasteiger partial charge is 0.155 e. The summed E-state index contributed by atoms with van der Waals surface area (Å²) < 4.78 is 0. The van der Waals surface area contributed by atoms with Gasteiger partial charge in [-0.2, -0.15) is 0 Å². The number of hydrogen-bond donors (Lipinski definition) is 1. The minimum absolute atomic E-state index is 0. The zero-order valence-corrected chi connectivity index (χ0v) is 21.1. The van der Waals surface area contributed by atoms with Crippen LogP contribution < -0.4 is 0 Å². The number of ketones is 1. The first-order chi connectivity index (χ1) is 14.9. The molecule has 0 bridgehead atoms. The molecule has 0 aliphatic rings. The maximum Gasteiger partial charge on any atom is 0.155 e. The van der Waals surface area contributed by atoms with E-state index in [2.05, 4.69) is 60.4 Å². The van der Waals surface area contributed by atoms with Gasteiger partial charge in [-0.1, -0.05) is 46.6 Å². The van der Waals surface area contributed by atoms with Crippen molar-refractivity contribution in [1.29, 1.82) is 0 Å². The molecule has 0 saturated heterocycles. The molecule has 1 radical (unpaired) electrons. The van der Waals surface area contributed by atoms with Crippen molar-refractivity contribution in [2.75, 3.05) is 0 Å². The van der Waals surface area contributed by atoms with Gasteiger partial charge in [0.05, 0.1) is 5.76 Å². The molecule has 0 saturated carbocycles. The monoisotopic (exact) mass is 618 g/mol. The average Bonchev–Trinajstić information content (AvgIpc) is 3.12. The number of pyridine rings is 2. The van der Waals surface area contributed by atoms with Crippen LogP contribution in [0, 0.1) is 13.0 Å². The summed E-state index contributed by atoms with van der Waals surface area (Å²) in [6.07, 6.45) is 3.01. The number of hydrogen-bond acceptors (Lipinski definition) is 5. The van der Waals surface area contributed by atoms with Gasteiger partial charge in [-0.25, -0.2) is 4.98 Å². The van der Waals surface area contributed by atoms with Crippen molar-refractivity contribution in [2.45, 2.75) is 20.8 Å². The third-order valence-corrected chi connectivity index (χ3v) is 5.77. The van der Waals surface area contributed by atoms with Crippen LogP contribution in [0.4, 0.5) is 0 Å². The molecule has 32 heavy (non-hydrogen) atoms. The van der Waals surface area contributed by atoms with Gasteiger partial charge in [0.2, 0.25) is 0 Å². The van der Waals surface area contributed by atoms with Crippen molar-refractivity contribution in [3.05, 3.63) is 84.3 Å². The number of allylic oxidation sites excluding steroid dienone is 2. The van der Waals surface area contributed by atoms with Gasteiger partial charge in [0.25, 0.3) is 0 Å². The number of aryl methyl sites for hydroxylation is 1. The van der Waals surface area contributed by atoms with Crippen LogP contribution >= 0.6 is 11.3 Å². The molecule has 5 rings (SSSR count). The topological polar surface area (TPSA) is 63.1 Å². The average molecular weight is 618 g/mol. The van der Waals surface area contributed by atoms with Crippen LogP contribution in [0.2, 0.25) is 0 Å². The van der Waals surface area contributed by atoms with Gasteiger partial charge in [0, 0.05) is 48.8 Å². The van der Waals surface area contributed by atoms with E-state index in [4.69, 9.17) is 10.1 Å². The van der Waals surface area contributed by atoms with Gasteiger partial charge in [0.1, 0.15) is 9.66 Å². The third-order valence-electron chi connectivity index (χ3n) is 4.77. The molecule has 0 spiro atoms. The molecule has 163 valence electrons. The molecule has 3 heterocycles. The van der Waals surface area contributed by atoms with Crippen LogP contribution in [-0.2, 0) is 24.9 Å². The van der Waals surface area contributed by atoms with Crippen LogP contribution in [0.15, 0.2) is 72.6 Å². The quantitative estimate of drug-likeness (QED) is 0.134. The van der Waals surface area contributed by atoms with Crippen LogP contribution in [-0.4, -0.2) is 20.9 Å². The van der Waals surface area contributed by atoms with E-state index in [1.807, 2.05) is 18.3 Å². The number of thiophene rings is 1.